The molecule has 4 aromatic rings. The maximum absolute atomic E-state index is 10.5. The first-order chi connectivity index (χ1) is 16.7. The zero-order valence-corrected chi connectivity index (χ0v) is 20.5. The number of hydrogen-bond acceptors (Lipinski definition) is 8. The van der Waals surface area contributed by atoms with Crippen LogP contribution in [0.2, 0.25) is 0 Å². The summed E-state index contributed by atoms with van der Waals surface area (Å²) in [5, 5.41) is 27.3. The van der Waals surface area contributed by atoms with E-state index in [-0.39, 0.29) is 11.8 Å². The molecule has 35 heavy (non-hydrogen) atoms. The van der Waals surface area contributed by atoms with Gasteiger partial charge in [-0.05, 0) is 38.8 Å². The topological polar surface area (TPSA) is 117 Å². The number of nitrogens with zero attached hydrogens (tertiary/aromatic N) is 4. The van der Waals surface area contributed by atoms with Crippen LogP contribution in [0, 0.1) is 0 Å². The van der Waals surface area contributed by atoms with Gasteiger partial charge in [0.25, 0.3) is 0 Å². The van der Waals surface area contributed by atoms with E-state index in [1.807, 2.05) is 41.8 Å². The van der Waals surface area contributed by atoms with Gasteiger partial charge in [-0.25, -0.2) is 4.98 Å². The van der Waals surface area contributed by atoms with Gasteiger partial charge in [-0.15, -0.1) is 0 Å². The van der Waals surface area contributed by atoms with Crippen molar-refractivity contribution in [3.05, 3.63) is 66.0 Å². The van der Waals surface area contributed by atoms with Crippen molar-refractivity contribution in [1.29, 1.82) is 0 Å². The second-order valence-corrected chi connectivity index (χ2v) is 9.31. The molecule has 0 spiro atoms. The van der Waals surface area contributed by atoms with E-state index in [0.29, 0.717) is 53.8 Å². The fourth-order valence-electron chi connectivity index (χ4n) is 4.10. The van der Waals surface area contributed by atoms with Gasteiger partial charge in [-0.1, -0.05) is 42.5 Å². The van der Waals surface area contributed by atoms with Gasteiger partial charge in [-0.3, -0.25) is 0 Å². The zero-order valence-electron chi connectivity index (χ0n) is 20.5. The SMILES string of the molecule is COc1cccc(CNc2nc(NC(C)CC(C)(C)O)nc3c2ncn3Cc2ccccc2)c1O. The molecule has 4 N–H and O–H groups in total. The lowest BCUT2D eigenvalue weighted by molar-refractivity contribution is 0.0672. The molecule has 2 aromatic carbocycles. The average Bonchev–Trinajstić information content (AvgIpc) is 3.20. The summed E-state index contributed by atoms with van der Waals surface area (Å²) in [6.45, 7) is 6.46. The number of benzene rings is 2. The van der Waals surface area contributed by atoms with E-state index in [1.54, 1.807) is 26.2 Å². The third kappa shape index (κ3) is 5.99. The lowest BCUT2D eigenvalue weighted by Crippen LogP contribution is -2.29. The first kappa shape index (κ1) is 24.3. The molecule has 0 bridgehead atoms. The van der Waals surface area contributed by atoms with Gasteiger partial charge in [0.15, 0.2) is 28.5 Å². The maximum atomic E-state index is 10.5. The van der Waals surface area contributed by atoms with E-state index in [1.165, 1.54) is 7.11 Å². The summed E-state index contributed by atoms with van der Waals surface area (Å²) in [4.78, 5) is 14.0. The van der Waals surface area contributed by atoms with Crippen LogP contribution in [-0.2, 0) is 13.1 Å². The predicted molar refractivity (Wildman–Crippen MR) is 137 cm³/mol. The van der Waals surface area contributed by atoms with Crippen LogP contribution in [0.1, 0.15) is 38.3 Å². The molecule has 0 saturated heterocycles. The highest BCUT2D eigenvalue weighted by Gasteiger charge is 2.20. The number of methoxy groups -OCH3 is 1. The second-order valence-electron chi connectivity index (χ2n) is 9.31. The minimum Gasteiger partial charge on any atom is -0.504 e. The van der Waals surface area contributed by atoms with Gasteiger partial charge in [0.2, 0.25) is 5.95 Å². The molecule has 0 aliphatic carbocycles. The van der Waals surface area contributed by atoms with Crippen molar-refractivity contribution in [3.63, 3.8) is 0 Å². The Labute approximate surface area is 204 Å². The molecular weight excluding hydrogens is 444 g/mol. The summed E-state index contributed by atoms with van der Waals surface area (Å²) < 4.78 is 7.20. The first-order valence-electron chi connectivity index (χ1n) is 11.6. The lowest BCUT2D eigenvalue weighted by atomic mass is 10.0. The van der Waals surface area contributed by atoms with Crippen molar-refractivity contribution in [2.45, 2.75) is 51.9 Å². The zero-order chi connectivity index (χ0) is 25.0. The molecule has 184 valence electrons. The number of aliphatic hydroxyl groups is 1. The van der Waals surface area contributed by atoms with Gasteiger partial charge >= 0.3 is 0 Å². The van der Waals surface area contributed by atoms with Gasteiger partial charge in [0, 0.05) is 18.2 Å². The van der Waals surface area contributed by atoms with Crippen LogP contribution in [0.25, 0.3) is 11.2 Å². The van der Waals surface area contributed by atoms with Crippen LogP contribution in [0.15, 0.2) is 54.9 Å². The number of para-hydroxylation sites is 1. The quantitative estimate of drug-likeness (QED) is 0.270. The summed E-state index contributed by atoms with van der Waals surface area (Å²) >= 11 is 0. The number of imidazole rings is 1. The van der Waals surface area contributed by atoms with Crippen molar-refractivity contribution in [2.75, 3.05) is 17.7 Å². The molecular formula is C26H32N6O3. The molecule has 2 heterocycles. The first-order valence-corrected chi connectivity index (χ1v) is 11.6. The molecule has 1 unspecified atom stereocenters. The van der Waals surface area contributed by atoms with Gasteiger partial charge in [-0.2, -0.15) is 9.97 Å². The van der Waals surface area contributed by atoms with Crippen molar-refractivity contribution >= 4 is 22.9 Å². The van der Waals surface area contributed by atoms with Crippen LogP contribution in [0.4, 0.5) is 11.8 Å². The van der Waals surface area contributed by atoms with E-state index in [4.69, 9.17) is 9.72 Å². The summed E-state index contributed by atoms with van der Waals surface area (Å²) in [6.07, 6.45) is 2.28. The Morgan fingerprint density at radius 2 is 1.86 bits per heavy atom. The normalized spacial score (nSPS) is 12.5. The van der Waals surface area contributed by atoms with E-state index in [9.17, 15) is 10.2 Å². The molecule has 9 heteroatoms. The standard InChI is InChI=1S/C26H32N6O3/c1-17(13-26(2,3)34)29-25-30-23(27-14-19-11-8-12-20(35-4)22(19)33)21-24(31-25)32(16-28-21)15-18-9-6-5-7-10-18/h5-12,16-17,33-34H,13-15H2,1-4H3,(H2,27,29,30,31). The van der Waals surface area contributed by atoms with Crippen molar-refractivity contribution < 1.29 is 14.9 Å². The molecule has 0 aliphatic rings. The number of nitrogens with one attached hydrogen (secondary N) is 2. The van der Waals surface area contributed by atoms with E-state index in [2.05, 4.69) is 32.7 Å². The van der Waals surface area contributed by atoms with Crippen molar-refractivity contribution in [1.82, 2.24) is 19.5 Å². The summed E-state index contributed by atoms with van der Waals surface area (Å²) in [7, 11) is 1.52. The Balaban J connectivity index is 1.67. The van der Waals surface area contributed by atoms with Crippen LogP contribution in [0.3, 0.4) is 0 Å². The summed E-state index contributed by atoms with van der Waals surface area (Å²) in [6, 6.07) is 15.4. The predicted octanol–water partition coefficient (Wildman–Crippen LogP) is 4.16. The van der Waals surface area contributed by atoms with Gasteiger partial charge in [0.05, 0.1) is 25.6 Å². The highest BCUT2D eigenvalue weighted by atomic mass is 16.5. The van der Waals surface area contributed by atoms with Crippen LogP contribution < -0.4 is 15.4 Å². The number of phenols is 1. The summed E-state index contributed by atoms with van der Waals surface area (Å²) in [5.41, 5.74) is 2.29. The van der Waals surface area contributed by atoms with E-state index in [0.717, 1.165) is 5.56 Å². The minimum atomic E-state index is -0.823. The third-order valence-corrected chi connectivity index (χ3v) is 5.59. The molecule has 0 amide bonds. The van der Waals surface area contributed by atoms with Crippen molar-refractivity contribution in [2.24, 2.45) is 0 Å². The smallest absolute Gasteiger partial charge is 0.226 e. The lowest BCUT2D eigenvalue weighted by Gasteiger charge is -2.23. The van der Waals surface area contributed by atoms with Crippen LogP contribution in [-0.4, -0.2) is 48.5 Å². The second kappa shape index (κ2) is 10.2. The Kier molecular flexibility index (Phi) is 7.07. The number of fused-ring (bicyclic) bond motifs is 1. The number of phenolic OH excluding ortho intramolecular Hbond substituents is 1. The third-order valence-electron chi connectivity index (χ3n) is 5.59. The Morgan fingerprint density at radius 1 is 1.09 bits per heavy atom. The molecule has 0 aliphatic heterocycles. The molecule has 4 rings (SSSR count). The fourth-order valence-corrected chi connectivity index (χ4v) is 4.10. The Morgan fingerprint density at radius 3 is 2.57 bits per heavy atom. The highest BCUT2D eigenvalue weighted by Crippen LogP contribution is 2.30. The summed E-state index contributed by atoms with van der Waals surface area (Å²) in [5.74, 6) is 1.47. The molecule has 0 radical (unpaired) electrons. The van der Waals surface area contributed by atoms with Gasteiger partial charge < -0.3 is 30.2 Å². The number of hydrogen-bond donors (Lipinski definition) is 4. The van der Waals surface area contributed by atoms with Crippen LogP contribution >= 0.6 is 0 Å². The Bertz CT molecular complexity index is 1280. The number of aromatic nitrogens is 4. The van der Waals surface area contributed by atoms with Crippen LogP contribution in [0.5, 0.6) is 11.5 Å². The Hall–Kier alpha value is -3.85. The highest BCUT2D eigenvalue weighted by molar-refractivity contribution is 5.84. The van der Waals surface area contributed by atoms with Crippen molar-refractivity contribution in [3.8, 4) is 11.5 Å². The fraction of sp³-hybridized carbons (Fsp3) is 0.346. The molecule has 9 nitrogen and oxygen atoms in total. The number of ether oxygens (including phenoxy) is 1. The average molecular weight is 477 g/mol. The number of rotatable bonds is 10. The molecule has 0 fully saturated rings. The molecule has 2 aromatic heterocycles. The molecule has 1 atom stereocenters. The number of aromatic hydroxyl groups is 1. The molecule has 0 saturated carbocycles. The maximum Gasteiger partial charge on any atom is 0.226 e. The van der Waals surface area contributed by atoms with Gasteiger partial charge in [0.1, 0.15) is 0 Å². The largest absolute Gasteiger partial charge is 0.504 e. The van der Waals surface area contributed by atoms with E-state index >= 15 is 0 Å². The number of anilines is 2. The monoisotopic (exact) mass is 476 g/mol. The minimum absolute atomic E-state index is 0.0618. The van der Waals surface area contributed by atoms with E-state index < -0.39 is 5.60 Å².